The number of tetrazole rings is 1. The molecule has 1 aliphatic heterocycles. The summed E-state index contributed by atoms with van der Waals surface area (Å²) in [6.45, 7) is 9.77. The normalized spacial score (nSPS) is 21.6. The van der Waals surface area contributed by atoms with E-state index in [0.717, 1.165) is 24.5 Å². The predicted molar refractivity (Wildman–Crippen MR) is 110 cm³/mol. The van der Waals surface area contributed by atoms with Crippen molar-refractivity contribution in [2.75, 3.05) is 24.7 Å². The molecule has 0 radical (unpaired) electrons. The quantitative estimate of drug-likeness (QED) is 0.740. The van der Waals surface area contributed by atoms with E-state index in [-0.39, 0.29) is 30.1 Å². The van der Waals surface area contributed by atoms with Crippen LogP contribution in [0.25, 0.3) is 5.69 Å². The first-order valence-corrected chi connectivity index (χ1v) is 10.7. The van der Waals surface area contributed by atoms with Gasteiger partial charge in [-0.15, -0.1) is 5.10 Å². The van der Waals surface area contributed by atoms with Gasteiger partial charge in [0.25, 0.3) is 0 Å². The van der Waals surface area contributed by atoms with Gasteiger partial charge in [0.05, 0.1) is 23.9 Å². The molecule has 2 heterocycles. The monoisotopic (exact) mass is 404 g/mol. The maximum absolute atomic E-state index is 13.1. The van der Waals surface area contributed by atoms with Crippen LogP contribution in [0, 0.1) is 5.92 Å². The lowest BCUT2D eigenvalue weighted by Crippen LogP contribution is -2.55. The maximum Gasteiger partial charge on any atom is 0.241 e. The number of rotatable bonds is 6. The van der Waals surface area contributed by atoms with Gasteiger partial charge in [0, 0.05) is 18.8 Å². The molecule has 152 valence electrons. The number of ether oxygens (including phenoxy) is 1. The number of thioether (sulfide) groups is 1. The van der Waals surface area contributed by atoms with Crippen molar-refractivity contribution < 1.29 is 9.53 Å². The van der Waals surface area contributed by atoms with E-state index in [0.29, 0.717) is 5.16 Å². The minimum atomic E-state index is -0.216. The molecule has 1 amide bonds. The third-order valence-electron chi connectivity index (χ3n) is 4.72. The van der Waals surface area contributed by atoms with Crippen LogP contribution in [0.1, 0.15) is 27.7 Å². The zero-order valence-electron chi connectivity index (χ0n) is 17.0. The molecule has 1 fully saturated rings. The summed E-state index contributed by atoms with van der Waals surface area (Å²) in [7, 11) is 0. The largest absolute Gasteiger partial charge is 0.373 e. The van der Waals surface area contributed by atoms with Crippen molar-refractivity contribution in [2.45, 2.75) is 51.1 Å². The molecule has 0 spiro atoms. The van der Waals surface area contributed by atoms with Gasteiger partial charge >= 0.3 is 0 Å². The lowest BCUT2D eigenvalue weighted by atomic mass is 9.99. The highest BCUT2D eigenvalue weighted by atomic mass is 32.2. The van der Waals surface area contributed by atoms with Gasteiger partial charge < -0.3 is 10.1 Å². The van der Waals surface area contributed by atoms with Crippen LogP contribution in [0.3, 0.4) is 0 Å². The van der Waals surface area contributed by atoms with Crippen molar-refractivity contribution in [2.24, 2.45) is 5.92 Å². The second-order valence-electron chi connectivity index (χ2n) is 7.52. The highest BCUT2D eigenvalue weighted by Gasteiger charge is 2.34. The molecule has 1 N–H and O–H groups in total. The SMILES string of the molecule is CSc1nnnn1-c1cccc(NC(=O)C(C(C)C)N2CC(C)OC(C)C2)c1. The van der Waals surface area contributed by atoms with Crippen LogP contribution in [-0.4, -0.2) is 68.6 Å². The number of nitrogens with one attached hydrogen (secondary N) is 1. The molecule has 1 saturated heterocycles. The molecule has 0 bridgehead atoms. The molecule has 0 saturated carbocycles. The minimum absolute atomic E-state index is 0.00439. The topological polar surface area (TPSA) is 85.2 Å². The van der Waals surface area contributed by atoms with E-state index in [1.165, 1.54) is 11.8 Å². The van der Waals surface area contributed by atoms with E-state index >= 15 is 0 Å². The number of carbonyl (C=O) groups excluding carboxylic acids is 1. The zero-order chi connectivity index (χ0) is 20.3. The summed E-state index contributed by atoms with van der Waals surface area (Å²) < 4.78 is 7.48. The molecule has 9 heteroatoms. The Kier molecular flexibility index (Phi) is 6.69. The van der Waals surface area contributed by atoms with Gasteiger partial charge in [0.1, 0.15) is 0 Å². The number of nitrogens with zero attached hydrogens (tertiary/aromatic N) is 5. The van der Waals surface area contributed by atoms with Crippen LogP contribution in [0.4, 0.5) is 5.69 Å². The van der Waals surface area contributed by atoms with Gasteiger partial charge in [-0.05, 0) is 54.6 Å². The lowest BCUT2D eigenvalue weighted by Gasteiger charge is -2.41. The molecule has 0 aliphatic carbocycles. The van der Waals surface area contributed by atoms with Gasteiger partial charge in [-0.2, -0.15) is 4.68 Å². The number of aromatic nitrogens is 4. The first kappa shape index (κ1) is 20.8. The van der Waals surface area contributed by atoms with Crippen molar-refractivity contribution in [1.29, 1.82) is 0 Å². The Bertz CT molecular complexity index is 801. The van der Waals surface area contributed by atoms with Crippen molar-refractivity contribution >= 4 is 23.4 Å². The van der Waals surface area contributed by atoms with Crippen molar-refractivity contribution in [3.05, 3.63) is 24.3 Å². The highest BCUT2D eigenvalue weighted by molar-refractivity contribution is 7.98. The Hall–Kier alpha value is -1.97. The van der Waals surface area contributed by atoms with Gasteiger partial charge in [-0.25, -0.2) is 0 Å². The lowest BCUT2D eigenvalue weighted by molar-refractivity contribution is -0.130. The number of carbonyl (C=O) groups is 1. The van der Waals surface area contributed by atoms with Crippen molar-refractivity contribution in [3.8, 4) is 5.69 Å². The fourth-order valence-corrected chi connectivity index (χ4v) is 4.17. The number of benzene rings is 1. The van der Waals surface area contributed by atoms with E-state index in [4.69, 9.17) is 4.74 Å². The van der Waals surface area contributed by atoms with Crippen LogP contribution in [0.5, 0.6) is 0 Å². The molecule has 8 nitrogen and oxygen atoms in total. The second-order valence-corrected chi connectivity index (χ2v) is 8.29. The van der Waals surface area contributed by atoms with Gasteiger partial charge in [0.2, 0.25) is 11.1 Å². The van der Waals surface area contributed by atoms with Gasteiger partial charge in [-0.3, -0.25) is 9.69 Å². The number of amides is 1. The Labute approximate surface area is 170 Å². The van der Waals surface area contributed by atoms with E-state index in [9.17, 15) is 4.79 Å². The molecule has 1 aromatic heterocycles. The average Bonchev–Trinajstić information content (AvgIpc) is 3.09. The third kappa shape index (κ3) is 4.71. The molecule has 3 atom stereocenters. The highest BCUT2D eigenvalue weighted by Crippen LogP contribution is 2.22. The maximum atomic E-state index is 13.1. The smallest absolute Gasteiger partial charge is 0.241 e. The Morgan fingerprint density at radius 3 is 2.64 bits per heavy atom. The zero-order valence-corrected chi connectivity index (χ0v) is 17.8. The molecule has 1 aliphatic rings. The molecule has 2 aromatic rings. The first-order chi connectivity index (χ1) is 13.4. The summed E-state index contributed by atoms with van der Waals surface area (Å²) in [5.74, 6) is 0.179. The Balaban J connectivity index is 1.78. The molecular weight excluding hydrogens is 376 g/mol. The van der Waals surface area contributed by atoms with Crippen molar-refractivity contribution in [3.63, 3.8) is 0 Å². The van der Waals surface area contributed by atoms with Crippen LogP contribution >= 0.6 is 11.8 Å². The van der Waals surface area contributed by atoms with Gasteiger partial charge in [0.15, 0.2) is 0 Å². The fraction of sp³-hybridized carbons (Fsp3) is 0.579. The summed E-state index contributed by atoms with van der Waals surface area (Å²) >= 11 is 1.47. The first-order valence-electron chi connectivity index (χ1n) is 9.52. The van der Waals surface area contributed by atoms with E-state index in [1.807, 2.05) is 30.5 Å². The molecule has 28 heavy (non-hydrogen) atoms. The van der Waals surface area contributed by atoms with Crippen LogP contribution < -0.4 is 5.32 Å². The van der Waals surface area contributed by atoms with Crippen molar-refractivity contribution in [1.82, 2.24) is 25.1 Å². The number of hydrogen-bond acceptors (Lipinski definition) is 7. The van der Waals surface area contributed by atoms with E-state index in [1.54, 1.807) is 4.68 Å². The van der Waals surface area contributed by atoms with E-state index in [2.05, 4.69) is 53.4 Å². The van der Waals surface area contributed by atoms with Gasteiger partial charge in [-0.1, -0.05) is 31.7 Å². The summed E-state index contributed by atoms with van der Waals surface area (Å²) in [6.07, 6.45) is 2.16. The molecule has 3 unspecified atom stereocenters. The molecule has 3 rings (SSSR count). The summed E-state index contributed by atoms with van der Waals surface area (Å²) in [6, 6.07) is 7.35. The minimum Gasteiger partial charge on any atom is -0.373 e. The standard InChI is InChI=1S/C19H28N6O2S/c1-12(2)17(24-10-13(3)27-14(4)11-24)18(26)20-15-7-6-8-16(9-15)25-19(28-5)21-22-23-25/h6-9,12-14,17H,10-11H2,1-5H3,(H,20,26). The second kappa shape index (κ2) is 9.02. The van der Waals surface area contributed by atoms with Crippen LogP contribution in [-0.2, 0) is 9.53 Å². The predicted octanol–water partition coefficient (Wildman–Crippen LogP) is 2.46. The molecular formula is C19H28N6O2S. The summed E-state index contributed by atoms with van der Waals surface area (Å²) in [4.78, 5) is 15.4. The number of anilines is 1. The molecule has 1 aromatic carbocycles. The van der Waals surface area contributed by atoms with Crippen LogP contribution in [0.2, 0.25) is 0 Å². The number of morpholine rings is 1. The fourth-order valence-electron chi connectivity index (χ4n) is 3.73. The third-order valence-corrected chi connectivity index (χ3v) is 5.34. The Morgan fingerprint density at radius 2 is 2.00 bits per heavy atom. The Morgan fingerprint density at radius 1 is 1.29 bits per heavy atom. The van der Waals surface area contributed by atoms with Crippen LogP contribution in [0.15, 0.2) is 29.4 Å². The van der Waals surface area contributed by atoms with E-state index < -0.39 is 0 Å². The number of hydrogen-bond donors (Lipinski definition) is 1. The average molecular weight is 405 g/mol. The summed E-state index contributed by atoms with van der Waals surface area (Å²) in [5, 5.41) is 15.5. The summed E-state index contributed by atoms with van der Waals surface area (Å²) in [5.41, 5.74) is 1.53.